The van der Waals surface area contributed by atoms with Gasteiger partial charge in [-0.3, -0.25) is 4.79 Å². The van der Waals surface area contributed by atoms with Crippen molar-refractivity contribution in [2.24, 2.45) is 5.73 Å². The molecule has 0 radical (unpaired) electrons. The minimum Gasteiger partial charge on any atom is -0.484 e. The van der Waals surface area contributed by atoms with E-state index in [1.165, 1.54) is 11.1 Å². The number of hydrogen-bond acceptors (Lipinski definition) is 3. The average Bonchev–Trinajstić information content (AvgIpc) is 2.40. The van der Waals surface area contributed by atoms with Gasteiger partial charge in [0.05, 0.1) is 0 Å². The standard InChI is InChI=1S/C15H22N2O2/c1-11-3-4-14(9-12(11)2)19-10-15(18)17-7-5-13(16)6-8-17/h3-4,9,13H,5-8,10,16H2,1-2H3. The topological polar surface area (TPSA) is 55.6 Å². The van der Waals surface area contributed by atoms with Crippen molar-refractivity contribution in [1.82, 2.24) is 4.90 Å². The number of rotatable bonds is 3. The molecule has 0 saturated carbocycles. The number of nitrogens with two attached hydrogens (primary N) is 1. The summed E-state index contributed by atoms with van der Waals surface area (Å²) in [6, 6.07) is 6.12. The predicted octanol–water partition coefficient (Wildman–Crippen LogP) is 1.63. The molecule has 4 heteroatoms. The van der Waals surface area contributed by atoms with Crippen LogP contribution in [0.1, 0.15) is 24.0 Å². The van der Waals surface area contributed by atoms with Gasteiger partial charge in [0.15, 0.2) is 6.61 Å². The second kappa shape index (κ2) is 6.06. The summed E-state index contributed by atoms with van der Waals surface area (Å²) in [5.74, 6) is 0.801. The molecule has 0 aliphatic carbocycles. The second-order valence-corrected chi connectivity index (χ2v) is 5.25. The first-order chi connectivity index (χ1) is 9.06. The van der Waals surface area contributed by atoms with Gasteiger partial charge in [0.25, 0.3) is 5.91 Å². The zero-order valence-corrected chi connectivity index (χ0v) is 11.7. The van der Waals surface area contributed by atoms with Crippen LogP contribution in [0.5, 0.6) is 5.75 Å². The predicted molar refractivity (Wildman–Crippen MR) is 75.2 cm³/mol. The number of hydrogen-bond donors (Lipinski definition) is 1. The van der Waals surface area contributed by atoms with Crippen molar-refractivity contribution in [1.29, 1.82) is 0 Å². The van der Waals surface area contributed by atoms with Crippen LogP contribution in [-0.2, 0) is 4.79 Å². The molecule has 0 unspecified atom stereocenters. The molecule has 1 heterocycles. The van der Waals surface area contributed by atoms with Crippen LogP contribution in [0.25, 0.3) is 0 Å². The zero-order chi connectivity index (χ0) is 13.8. The van der Waals surface area contributed by atoms with E-state index < -0.39 is 0 Å². The lowest BCUT2D eigenvalue weighted by atomic mass is 10.1. The maximum atomic E-state index is 12.0. The summed E-state index contributed by atoms with van der Waals surface area (Å²) >= 11 is 0. The van der Waals surface area contributed by atoms with Gasteiger partial charge in [-0.1, -0.05) is 6.07 Å². The van der Waals surface area contributed by atoms with Crippen LogP contribution in [0.3, 0.4) is 0 Å². The third kappa shape index (κ3) is 3.70. The Morgan fingerprint density at radius 3 is 2.63 bits per heavy atom. The lowest BCUT2D eigenvalue weighted by molar-refractivity contribution is -0.134. The maximum Gasteiger partial charge on any atom is 0.260 e. The first-order valence-electron chi connectivity index (χ1n) is 6.79. The van der Waals surface area contributed by atoms with Crippen LogP contribution >= 0.6 is 0 Å². The van der Waals surface area contributed by atoms with E-state index in [2.05, 4.69) is 6.92 Å². The van der Waals surface area contributed by atoms with Crippen LogP contribution in [0, 0.1) is 13.8 Å². The minimum absolute atomic E-state index is 0.0464. The van der Waals surface area contributed by atoms with Gasteiger partial charge in [-0.2, -0.15) is 0 Å². The van der Waals surface area contributed by atoms with Crippen molar-refractivity contribution in [2.75, 3.05) is 19.7 Å². The Kier molecular flexibility index (Phi) is 4.43. The summed E-state index contributed by atoms with van der Waals surface area (Å²) < 4.78 is 5.56. The van der Waals surface area contributed by atoms with E-state index in [4.69, 9.17) is 10.5 Å². The Morgan fingerprint density at radius 1 is 1.32 bits per heavy atom. The molecule has 1 saturated heterocycles. The SMILES string of the molecule is Cc1ccc(OCC(=O)N2CCC(N)CC2)cc1C. The van der Waals surface area contributed by atoms with E-state index in [0.717, 1.165) is 31.7 Å². The van der Waals surface area contributed by atoms with Gasteiger partial charge in [-0.25, -0.2) is 0 Å². The number of amides is 1. The molecule has 104 valence electrons. The molecule has 0 bridgehead atoms. The largest absolute Gasteiger partial charge is 0.484 e. The van der Waals surface area contributed by atoms with E-state index in [1.807, 2.05) is 30.0 Å². The Hall–Kier alpha value is -1.55. The van der Waals surface area contributed by atoms with Crippen molar-refractivity contribution in [2.45, 2.75) is 32.7 Å². The fourth-order valence-electron chi connectivity index (χ4n) is 2.19. The number of carbonyl (C=O) groups excluding carboxylic acids is 1. The number of benzene rings is 1. The van der Waals surface area contributed by atoms with Crippen LogP contribution < -0.4 is 10.5 Å². The second-order valence-electron chi connectivity index (χ2n) is 5.25. The number of aryl methyl sites for hydroxylation is 2. The first kappa shape index (κ1) is 13.9. The van der Waals surface area contributed by atoms with Crippen LogP contribution in [-0.4, -0.2) is 36.5 Å². The Morgan fingerprint density at radius 2 is 2.00 bits per heavy atom. The molecule has 4 nitrogen and oxygen atoms in total. The molecule has 1 aliphatic heterocycles. The fraction of sp³-hybridized carbons (Fsp3) is 0.533. The van der Waals surface area contributed by atoms with Crippen molar-refractivity contribution in [3.8, 4) is 5.75 Å². The van der Waals surface area contributed by atoms with E-state index in [9.17, 15) is 4.79 Å². The number of carbonyl (C=O) groups is 1. The molecule has 1 aromatic rings. The van der Waals surface area contributed by atoms with E-state index in [1.54, 1.807) is 0 Å². The average molecular weight is 262 g/mol. The monoisotopic (exact) mass is 262 g/mol. The smallest absolute Gasteiger partial charge is 0.260 e. The van der Waals surface area contributed by atoms with Crippen LogP contribution in [0.4, 0.5) is 0 Å². The van der Waals surface area contributed by atoms with Gasteiger partial charge < -0.3 is 15.4 Å². The maximum absolute atomic E-state index is 12.0. The number of ether oxygens (including phenoxy) is 1. The summed E-state index contributed by atoms with van der Waals surface area (Å²) in [6.07, 6.45) is 1.77. The quantitative estimate of drug-likeness (QED) is 0.901. The van der Waals surface area contributed by atoms with Crippen molar-refractivity contribution in [3.05, 3.63) is 29.3 Å². The Balaban J connectivity index is 1.84. The lowest BCUT2D eigenvalue weighted by Crippen LogP contribution is -2.44. The summed E-state index contributed by atoms with van der Waals surface area (Å²) in [4.78, 5) is 13.8. The molecule has 0 aromatic heterocycles. The molecule has 1 aliphatic rings. The Labute approximate surface area is 114 Å². The minimum atomic E-state index is 0.0464. The molecular weight excluding hydrogens is 240 g/mol. The van der Waals surface area contributed by atoms with E-state index in [0.29, 0.717) is 0 Å². The molecule has 1 aromatic carbocycles. The summed E-state index contributed by atoms with van der Waals surface area (Å²) in [7, 11) is 0. The molecule has 1 fully saturated rings. The highest BCUT2D eigenvalue weighted by atomic mass is 16.5. The van der Waals surface area contributed by atoms with Crippen LogP contribution in [0.2, 0.25) is 0 Å². The first-order valence-corrected chi connectivity index (χ1v) is 6.79. The highest BCUT2D eigenvalue weighted by Gasteiger charge is 2.20. The normalized spacial score (nSPS) is 16.5. The highest BCUT2D eigenvalue weighted by molar-refractivity contribution is 5.77. The highest BCUT2D eigenvalue weighted by Crippen LogP contribution is 2.16. The fourth-order valence-corrected chi connectivity index (χ4v) is 2.19. The van der Waals surface area contributed by atoms with Gasteiger partial charge in [0, 0.05) is 19.1 Å². The summed E-state index contributed by atoms with van der Waals surface area (Å²) in [5, 5.41) is 0. The molecule has 2 rings (SSSR count). The molecular formula is C15H22N2O2. The van der Waals surface area contributed by atoms with Gasteiger partial charge >= 0.3 is 0 Å². The third-order valence-electron chi connectivity index (χ3n) is 3.73. The number of piperidine rings is 1. The van der Waals surface area contributed by atoms with Gasteiger partial charge in [0.1, 0.15) is 5.75 Å². The molecule has 0 spiro atoms. The van der Waals surface area contributed by atoms with E-state index >= 15 is 0 Å². The van der Waals surface area contributed by atoms with Gasteiger partial charge in [-0.05, 0) is 49.9 Å². The van der Waals surface area contributed by atoms with E-state index in [-0.39, 0.29) is 18.6 Å². The van der Waals surface area contributed by atoms with Crippen molar-refractivity contribution >= 4 is 5.91 Å². The molecule has 0 atom stereocenters. The van der Waals surface area contributed by atoms with Gasteiger partial charge in [-0.15, -0.1) is 0 Å². The molecule has 1 amide bonds. The summed E-state index contributed by atoms with van der Waals surface area (Å²) in [5.41, 5.74) is 8.22. The molecule has 2 N–H and O–H groups in total. The Bertz CT molecular complexity index is 451. The zero-order valence-electron chi connectivity index (χ0n) is 11.7. The number of nitrogens with zero attached hydrogens (tertiary/aromatic N) is 1. The lowest BCUT2D eigenvalue weighted by Gasteiger charge is -2.30. The van der Waals surface area contributed by atoms with Gasteiger partial charge in [0.2, 0.25) is 0 Å². The van der Waals surface area contributed by atoms with Crippen molar-refractivity contribution in [3.63, 3.8) is 0 Å². The summed E-state index contributed by atoms with van der Waals surface area (Å²) in [6.45, 7) is 5.70. The van der Waals surface area contributed by atoms with Crippen molar-refractivity contribution < 1.29 is 9.53 Å². The molecule has 19 heavy (non-hydrogen) atoms. The number of likely N-dealkylation sites (tertiary alicyclic amines) is 1. The third-order valence-corrected chi connectivity index (χ3v) is 3.73. The van der Waals surface area contributed by atoms with Crippen LogP contribution in [0.15, 0.2) is 18.2 Å².